The monoisotopic (exact) mass is 510 g/mol. The van der Waals surface area contributed by atoms with Gasteiger partial charge in [-0.2, -0.15) is 0 Å². The Morgan fingerprint density at radius 3 is 2.48 bits per heavy atom. The van der Waals surface area contributed by atoms with Crippen LogP contribution >= 0.6 is 23.1 Å². The Labute approximate surface area is 201 Å². The number of anilines is 2. The van der Waals surface area contributed by atoms with E-state index in [1.54, 1.807) is 24.5 Å². The van der Waals surface area contributed by atoms with Crippen LogP contribution < -0.4 is 25.7 Å². The predicted molar refractivity (Wildman–Crippen MR) is 132 cm³/mol. The molecule has 0 aliphatic heterocycles. The first-order valence-electron chi connectivity index (χ1n) is 9.85. The van der Waals surface area contributed by atoms with Gasteiger partial charge in [-0.25, -0.2) is 28.1 Å². The Morgan fingerprint density at radius 1 is 1.15 bits per heavy atom. The second kappa shape index (κ2) is 10.5. The Balaban J connectivity index is 1.78. The lowest BCUT2D eigenvalue weighted by Crippen LogP contribution is -2.26. The van der Waals surface area contributed by atoms with Gasteiger partial charge in [0.1, 0.15) is 23.3 Å². The summed E-state index contributed by atoms with van der Waals surface area (Å²) in [5, 5.41) is 1.30. The van der Waals surface area contributed by atoms with E-state index in [9.17, 15) is 8.42 Å². The third-order valence-electron chi connectivity index (χ3n) is 4.38. The first-order chi connectivity index (χ1) is 15.6. The van der Waals surface area contributed by atoms with Crippen LogP contribution in [0.4, 0.5) is 11.6 Å². The van der Waals surface area contributed by atoms with Crippen molar-refractivity contribution in [2.75, 3.05) is 38.0 Å². The van der Waals surface area contributed by atoms with Crippen molar-refractivity contribution < 1.29 is 17.9 Å². The van der Waals surface area contributed by atoms with Gasteiger partial charge in [0.05, 0.1) is 24.3 Å². The van der Waals surface area contributed by atoms with E-state index in [2.05, 4.69) is 14.7 Å². The summed E-state index contributed by atoms with van der Waals surface area (Å²) in [6, 6.07) is 7.05. The molecule has 1 atom stereocenters. The molecule has 33 heavy (non-hydrogen) atoms. The number of thiazole rings is 1. The fraction of sp³-hybridized carbons (Fsp3) is 0.350. The molecule has 178 valence electrons. The maximum absolute atomic E-state index is 11.2. The molecule has 10 nitrogen and oxygen atoms in total. The van der Waals surface area contributed by atoms with E-state index < -0.39 is 10.0 Å². The molecule has 0 saturated carbocycles. The summed E-state index contributed by atoms with van der Waals surface area (Å²) in [6.07, 6.45) is 1.10. The molecule has 2 aromatic heterocycles. The highest BCUT2D eigenvalue weighted by molar-refractivity contribution is 7.99. The van der Waals surface area contributed by atoms with Crippen LogP contribution in [0.25, 0.3) is 10.6 Å². The van der Waals surface area contributed by atoms with Crippen LogP contribution in [-0.4, -0.2) is 49.9 Å². The number of thioether (sulfide) groups is 1. The van der Waals surface area contributed by atoms with Gasteiger partial charge in [0, 0.05) is 23.1 Å². The number of hydrogen-bond acceptors (Lipinski definition) is 11. The number of sulfonamides is 1. The molecule has 0 aliphatic carbocycles. The summed E-state index contributed by atoms with van der Waals surface area (Å²) in [4.78, 5) is 14.4. The summed E-state index contributed by atoms with van der Waals surface area (Å²) in [7, 11) is -1.73. The average Bonchev–Trinajstić information content (AvgIpc) is 3.11. The van der Waals surface area contributed by atoms with Gasteiger partial charge in [-0.1, -0.05) is 11.8 Å². The zero-order valence-corrected chi connectivity index (χ0v) is 21.1. The number of nitrogen functional groups attached to an aromatic ring is 2. The fourth-order valence-corrected chi connectivity index (χ4v) is 5.46. The number of hydrogen-bond donors (Lipinski definition) is 3. The molecule has 1 unspecified atom stereocenters. The van der Waals surface area contributed by atoms with Gasteiger partial charge >= 0.3 is 0 Å². The minimum Gasteiger partial charge on any atom is -0.493 e. The van der Waals surface area contributed by atoms with Crippen molar-refractivity contribution in [2.24, 2.45) is 0 Å². The van der Waals surface area contributed by atoms with Gasteiger partial charge < -0.3 is 20.9 Å². The lowest BCUT2D eigenvalue weighted by atomic mass is 10.2. The maximum atomic E-state index is 11.2. The number of aryl methyl sites for hydroxylation is 1. The molecule has 13 heteroatoms. The van der Waals surface area contributed by atoms with E-state index in [0.717, 1.165) is 27.4 Å². The van der Waals surface area contributed by atoms with Crippen molar-refractivity contribution in [3.63, 3.8) is 0 Å². The molecule has 0 spiro atoms. The molecule has 5 N–H and O–H groups in total. The zero-order chi connectivity index (χ0) is 24.2. The number of methoxy groups -OCH3 is 1. The van der Waals surface area contributed by atoms with Crippen LogP contribution in [0.3, 0.4) is 0 Å². The third-order valence-corrected chi connectivity index (χ3v) is 7.11. The Kier molecular flexibility index (Phi) is 8.00. The number of rotatable bonds is 10. The lowest BCUT2D eigenvalue weighted by Gasteiger charge is -2.12. The molecular weight excluding hydrogens is 484 g/mol. The third kappa shape index (κ3) is 6.93. The second-order valence-electron chi connectivity index (χ2n) is 7.10. The molecule has 0 bridgehead atoms. The van der Waals surface area contributed by atoms with Crippen molar-refractivity contribution in [2.45, 2.75) is 24.3 Å². The Morgan fingerprint density at radius 2 is 1.85 bits per heavy atom. The van der Waals surface area contributed by atoms with Gasteiger partial charge in [-0.05, 0) is 32.0 Å². The molecule has 2 heterocycles. The summed E-state index contributed by atoms with van der Waals surface area (Å²) < 4.78 is 36.0. The first-order valence-corrected chi connectivity index (χ1v) is 13.4. The minimum atomic E-state index is -3.28. The van der Waals surface area contributed by atoms with Crippen molar-refractivity contribution in [1.82, 2.24) is 19.7 Å². The average molecular weight is 511 g/mol. The minimum absolute atomic E-state index is 0.0211. The van der Waals surface area contributed by atoms with Crippen LogP contribution in [0.15, 0.2) is 29.4 Å². The number of nitrogens with one attached hydrogen (secondary N) is 1. The highest BCUT2D eigenvalue weighted by atomic mass is 32.2. The van der Waals surface area contributed by atoms with E-state index >= 15 is 0 Å². The highest BCUT2D eigenvalue weighted by Crippen LogP contribution is 2.40. The maximum Gasteiger partial charge on any atom is 0.208 e. The largest absolute Gasteiger partial charge is 0.493 e. The van der Waals surface area contributed by atoms with E-state index in [4.69, 9.17) is 25.9 Å². The van der Waals surface area contributed by atoms with Crippen LogP contribution in [0.1, 0.15) is 22.7 Å². The van der Waals surface area contributed by atoms with E-state index in [1.807, 2.05) is 26.0 Å². The molecule has 0 radical (unpaired) electrons. The molecule has 0 aliphatic rings. The van der Waals surface area contributed by atoms with Gasteiger partial charge in [0.2, 0.25) is 10.0 Å². The molecule has 3 aromatic rings. The quantitative estimate of drug-likeness (QED) is 0.210. The molecule has 3 rings (SSSR count). The van der Waals surface area contributed by atoms with Crippen LogP contribution in [-0.2, 0) is 10.0 Å². The first kappa shape index (κ1) is 25.0. The molecule has 0 fully saturated rings. The summed E-state index contributed by atoms with van der Waals surface area (Å²) >= 11 is 3.00. The van der Waals surface area contributed by atoms with Crippen LogP contribution in [0, 0.1) is 6.92 Å². The number of benzene rings is 1. The topological polar surface area (TPSA) is 155 Å². The van der Waals surface area contributed by atoms with Gasteiger partial charge in [-0.3, -0.25) is 0 Å². The van der Waals surface area contributed by atoms with Gasteiger partial charge in [0.15, 0.2) is 16.7 Å². The summed E-state index contributed by atoms with van der Waals surface area (Å²) in [6.45, 7) is 4.35. The van der Waals surface area contributed by atoms with E-state index in [0.29, 0.717) is 28.3 Å². The number of aromatic nitrogens is 3. The van der Waals surface area contributed by atoms with Crippen LogP contribution in [0.2, 0.25) is 0 Å². The van der Waals surface area contributed by atoms with E-state index in [-0.39, 0.29) is 18.4 Å². The van der Waals surface area contributed by atoms with Gasteiger partial charge in [0.25, 0.3) is 0 Å². The molecular formula is C20H26N6O4S3. The summed E-state index contributed by atoms with van der Waals surface area (Å²) in [5.74, 6) is 1.70. The molecule has 0 amide bonds. The summed E-state index contributed by atoms with van der Waals surface area (Å²) in [5.41, 5.74) is 13.3. The SMILES string of the molecule is COc1ccc(-c2nc(C(C)Sc3nc(N)cc(N)n3)c(C)s2)cc1OCCNS(C)(=O)=O. The fourth-order valence-electron chi connectivity index (χ4n) is 2.95. The predicted octanol–water partition coefficient (Wildman–Crippen LogP) is 2.86. The van der Waals surface area contributed by atoms with Crippen LogP contribution in [0.5, 0.6) is 11.5 Å². The van der Waals surface area contributed by atoms with Crippen molar-refractivity contribution in [3.05, 3.63) is 34.8 Å². The standard InChI is InChI=1S/C20H26N6O4S3/c1-11-18(12(2)32-20-24-16(21)10-17(22)25-20)26-19(31-11)13-5-6-14(29-3)15(9-13)30-8-7-23-33(4,27)28/h5-6,9-10,12,23H,7-8H2,1-4H3,(H4,21,22,24,25). The van der Waals surface area contributed by atoms with Crippen molar-refractivity contribution in [3.8, 4) is 22.1 Å². The van der Waals surface area contributed by atoms with Gasteiger partial charge in [-0.15, -0.1) is 11.3 Å². The Hall–Kier alpha value is -2.61. The number of nitrogens with zero attached hydrogens (tertiary/aromatic N) is 3. The Bertz CT molecular complexity index is 1210. The molecule has 1 aromatic carbocycles. The van der Waals surface area contributed by atoms with E-state index in [1.165, 1.54) is 17.8 Å². The number of nitrogens with two attached hydrogens (primary N) is 2. The molecule has 0 saturated heterocycles. The smallest absolute Gasteiger partial charge is 0.208 e. The number of ether oxygens (including phenoxy) is 2. The van der Waals surface area contributed by atoms with Crippen molar-refractivity contribution >= 4 is 44.8 Å². The second-order valence-corrected chi connectivity index (χ2v) is 11.4. The normalized spacial score (nSPS) is 12.5. The highest BCUT2D eigenvalue weighted by Gasteiger charge is 2.19. The van der Waals surface area contributed by atoms with Crippen molar-refractivity contribution in [1.29, 1.82) is 0 Å². The lowest BCUT2D eigenvalue weighted by molar-refractivity contribution is 0.299. The zero-order valence-electron chi connectivity index (χ0n) is 18.7.